The molecule has 0 radical (unpaired) electrons. The van der Waals surface area contributed by atoms with Gasteiger partial charge in [0.2, 0.25) is 0 Å². The van der Waals surface area contributed by atoms with Crippen LogP contribution < -0.4 is 5.32 Å². The molecule has 0 aliphatic carbocycles. The van der Waals surface area contributed by atoms with Gasteiger partial charge in [0, 0.05) is 65.9 Å². The molecule has 5 rings (SSSR count). The van der Waals surface area contributed by atoms with Gasteiger partial charge in [-0.2, -0.15) is 9.57 Å². The van der Waals surface area contributed by atoms with E-state index in [0.717, 1.165) is 4.88 Å². The van der Waals surface area contributed by atoms with E-state index < -0.39 is 22.3 Å². The van der Waals surface area contributed by atoms with Crippen LogP contribution >= 0.6 is 22.9 Å². The lowest BCUT2D eigenvalue weighted by atomic mass is 10.1. The van der Waals surface area contributed by atoms with Crippen LogP contribution in [0.4, 0.5) is 0 Å². The lowest BCUT2D eigenvalue weighted by molar-refractivity contribution is 0.0552. The SMILES string of the molecule is N#CCCC1CN(S(=O)(=O)c2cc3cc(Cl)ccc3[nH]2)CCN1C(=O)c1nc2c(s1)CNC(O)C2. The molecule has 184 valence electrons. The number of carbonyl (C=O) groups excluding carboxylic acids is 1. The van der Waals surface area contributed by atoms with Gasteiger partial charge in [-0.3, -0.25) is 10.1 Å². The third kappa shape index (κ3) is 4.67. The number of nitriles is 1. The third-order valence-corrected chi connectivity index (χ3v) is 9.43. The number of aliphatic hydroxyl groups excluding tert-OH is 1. The van der Waals surface area contributed by atoms with Crippen LogP contribution in [0.15, 0.2) is 29.3 Å². The number of aromatic amines is 1. The molecular formula is C22H23ClN6O4S2. The largest absolute Gasteiger partial charge is 0.378 e. The van der Waals surface area contributed by atoms with Gasteiger partial charge >= 0.3 is 0 Å². The molecule has 35 heavy (non-hydrogen) atoms. The number of carbonyl (C=O) groups is 1. The molecule has 2 unspecified atom stereocenters. The molecule has 2 aromatic heterocycles. The van der Waals surface area contributed by atoms with Gasteiger partial charge in [-0.05, 0) is 30.7 Å². The lowest BCUT2D eigenvalue weighted by Gasteiger charge is -2.40. The number of hydrogen-bond donors (Lipinski definition) is 3. The maximum absolute atomic E-state index is 13.4. The van der Waals surface area contributed by atoms with E-state index in [9.17, 15) is 18.3 Å². The van der Waals surface area contributed by atoms with Crippen molar-refractivity contribution < 1.29 is 18.3 Å². The van der Waals surface area contributed by atoms with Crippen LogP contribution in [0.2, 0.25) is 5.02 Å². The number of halogens is 1. The van der Waals surface area contributed by atoms with Crippen LogP contribution in [0.3, 0.4) is 0 Å². The molecule has 0 saturated carbocycles. The average molecular weight is 535 g/mol. The molecule has 1 amide bonds. The minimum absolute atomic E-state index is 0.0623. The van der Waals surface area contributed by atoms with Gasteiger partial charge in [0.05, 0.1) is 11.8 Å². The van der Waals surface area contributed by atoms with Crippen LogP contribution in [0, 0.1) is 11.3 Å². The Hall–Kier alpha value is -2.53. The molecule has 3 N–H and O–H groups in total. The van der Waals surface area contributed by atoms with Crippen LogP contribution in [-0.2, 0) is 23.0 Å². The number of rotatable bonds is 5. The van der Waals surface area contributed by atoms with Crippen LogP contribution in [0.1, 0.15) is 33.2 Å². The normalized spacial score (nSPS) is 21.1. The van der Waals surface area contributed by atoms with E-state index in [0.29, 0.717) is 46.0 Å². The summed E-state index contributed by atoms with van der Waals surface area (Å²) in [5, 5.41) is 23.5. The van der Waals surface area contributed by atoms with Crippen molar-refractivity contribution in [3.63, 3.8) is 0 Å². The fourth-order valence-corrected chi connectivity index (χ4v) is 7.17. The Bertz CT molecular complexity index is 1430. The van der Waals surface area contributed by atoms with Crippen molar-refractivity contribution >= 4 is 49.8 Å². The Morgan fingerprint density at radius 2 is 2.17 bits per heavy atom. The minimum atomic E-state index is -3.85. The number of benzene rings is 1. The van der Waals surface area contributed by atoms with Crippen molar-refractivity contribution in [3.8, 4) is 6.07 Å². The number of fused-ring (bicyclic) bond motifs is 2. The molecule has 2 aliphatic heterocycles. The number of H-pyrrole nitrogens is 1. The number of nitrogens with one attached hydrogen (secondary N) is 2. The monoisotopic (exact) mass is 534 g/mol. The summed E-state index contributed by atoms with van der Waals surface area (Å²) in [6, 6.07) is 8.30. The summed E-state index contributed by atoms with van der Waals surface area (Å²) < 4.78 is 28.2. The van der Waals surface area contributed by atoms with Crippen molar-refractivity contribution in [1.29, 1.82) is 5.26 Å². The number of hydrogen-bond acceptors (Lipinski definition) is 8. The Balaban J connectivity index is 1.38. The maximum Gasteiger partial charge on any atom is 0.283 e. The van der Waals surface area contributed by atoms with E-state index in [-0.39, 0.29) is 37.0 Å². The highest BCUT2D eigenvalue weighted by molar-refractivity contribution is 7.89. The molecule has 2 atom stereocenters. The number of aliphatic hydroxyl groups is 1. The van der Waals surface area contributed by atoms with Crippen LogP contribution in [-0.4, -0.2) is 70.5 Å². The number of amides is 1. The molecule has 3 aromatic rings. The van der Waals surface area contributed by atoms with Crippen molar-refractivity contribution in [3.05, 3.63) is 44.9 Å². The molecule has 1 fully saturated rings. The Morgan fingerprint density at radius 3 is 2.97 bits per heavy atom. The molecule has 1 aromatic carbocycles. The molecule has 13 heteroatoms. The van der Waals surface area contributed by atoms with E-state index in [4.69, 9.17) is 16.9 Å². The first-order valence-corrected chi connectivity index (χ1v) is 13.8. The van der Waals surface area contributed by atoms with Crippen molar-refractivity contribution in [2.75, 3.05) is 19.6 Å². The molecule has 10 nitrogen and oxygen atoms in total. The summed E-state index contributed by atoms with van der Waals surface area (Å²) in [4.78, 5) is 23.3. The fraction of sp³-hybridized carbons (Fsp3) is 0.409. The van der Waals surface area contributed by atoms with Crippen molar-refractivity contribution in [2.24, 2.45) is 0 Å². The predicted octanol–water partition coefficient (Wildman–Crippen LogP) is 2.06. The first-order chi connectivity index (χ1) is 16.8. The number of sulfonamides is 1. The highest BCUT2D eigenvalue weighted by Crippen LogP contribution is 2.29. The van der Waals surface area contributed by atoms with Crippen LogP contribution in [0.5, 0.6) is 0 Å². The standard InChI is InChI=1S/C22H23ClN6O4S2/c23-14-3-4-16-13(8-14)9-20(26-16)35(32,33)28-6-7-29(15(12-28)2-1-5-24)22(31)21-27-17-10-19(30)25-11-18(17)34-21/h3-4,8-9,15,19,25-26,30H,1-2,6-7,10-12H2. The molecule has 1 saturated heterocycles. The molecule has 0 spiro atoms. The van der Waals surface area contributed by atoms with E-state index >= 15 is 0 Å². The first kappa shape index (κ1) is 24.2. The van der Waals surface area contributed by atoms with Gasteiger partial charge in [-0.1, -0.05) is 11.6 Å². The van der Waals surface area contributed by atoms with Gasteiger partial charge in [0.1, 0.15) is 11.3 Å². The molecule has 4 heterocycles. The molecule has 2 aliphatic rings. The minimum Gasteiger partial charge on any atom is -0.378 e. The highest BCUT2D eigenvalue weighted by Gasteiger charge is 2.38. The van der Waals surface area contributed by atoms with Crippen LogP contribution in [0.25, 0.3) is 10.9 Å². The number of aromatic nitrogens is 2. The van der Waals surface area contributed by atoms with Gasteiger partial charge in [0.15, 0.2) is 5.01 Å². The Kier molecular flexibility index (Phi) is 6.56. The fourth-order valence-electron chi connectivity index (χ4n) is 4.51. The van der Waals surface area contributed by atoms with E-state index in [1.807, 2.05) is 0 Å². The summed E-state index contributed by atoms with van der Waals surface area (Å²) in [5.41, 5.74) is 1.37. The van der Waals surface area contributed by atoms with Gasteiger partial charge in [-0.15, -0.1) is 11.3 Å². The van der Waals surface area contributed by atoms with Crippen molar-refractivity contribution in [2.45, 2.75) is 43.1 Å². The Morgan fingerprint density at radius 1 is 1.34 bits per heavy atom. The zero-order valence-corrected chi connectivity index (χ0v) is 21.0. The number of nitrogens with zero attached hydrogens (tertiary/aromatic N) is 4. The van der Waals surface area contributed by atoms with E-state index in [1.54, 1.807) is 29.2 Å². The summed E-state index contributed by atoms with van der Waals surface area (Å²) in [5.74, 6) is -0.279. The zero-order valence-electron chi connectivity index (χ0n) is 18.6. The smallest absolute Gasteiger partial charge is 0.283 e. The second-order valence-corrected chi connectivity index (χ2v) is 12.0. The van der Waals surface area contributed by atoms with E-state index in [2.05, 4.69) is 21.4 Å². The van der Waals surface area contributed by atoms with Gasteiger partial charge in [0.25, 0.3) is 15.9 Å². The topological polar surface area (TPSA) is 142 Å². The van der Waals surface area contributed by atoms with Gasteiger partial charge < -0.3 is 15.0 Å². The summed E-state index contributed by atoms with van der Waals surface area (Å²) in [6.45, 7) is 0.836. The quantitative estimate of drug-likeness (QED) is 0.454. The predicted molar refractivity (Wildman–Crippen MR) is 130 cm³/mol. The maximum atomic E-state index is 13.4. The highest BCUT2D eigenvalue weighted by atomic mass is 35.5. The number of piperazine rings is 1. The molecule has 0 bridgehead atoms. The summed E-state index contributed by atoms with van der Waals surface area (Å²) in [7, 11) is -3.85. The zero-order chi connectivity index (χ0) is 24.7. The lowest BCUT2D eigenvalue weighted by Crippen LogP contribution is -2.56. The second-order valence-electron chi connectivity index (χ2n) is 8.57. The summed E-state index contributed by atoms with van der Waals surface area (Å²) >= 11 is 7.32. The molecular weight excluding hydrogens is 512 g/mol. The van der Waals surface area contributed by atoms with E-state index in [1.165, 1.54) is 15.6 Å². The van der Waals surface area contributed by atoms with Crippen molar-refractivity contribution in [1.82, 2.24) is 24.5 Å². The van der Waals surface area contributed by atoms with Gasteiger partial charge in [-0.25, -0.2) is 13.4 Å². The third-order valence-electron chi connectivity index (χ3n) is 6.32. The second kappa shape index (κ2) is 9.50. The Labute approximate surface area is 211 Å². The summed E-state index contributed by atoms with van der Waals surface area (Å²) in [6.07, 6.45) is 0.184. The first-order valence-electron chi connectivity index (χ1n) is 11.1. The number of thiazole rings is 1. The average Bonchev–Trinajstić information content (AvgIpc) is 3.46.